The van der Waals surface area contributed by atoms with Crippen molar-refractivity contribution in [3.05, 3.63) is 70.6 Å². The largest absolute Gasteiger partial charge is 0.484 e. The quantitative estimate of drug-likeness (QED) is 0.303. The molecule has 29 heavy (non-hydrogen) atoms. The Labute approximate surface area is 176 Å². The van der Waals surface area contributed by atoms with Gasteiger partial charge in [0.25, 0.3) is 22.9 Å². The third-order valence-corrected chi connectivity index (χ3v) is 5.41. The molecule has 0 fully saturated rings. The van der Waals surface area contributed by atoms with Gasteiger partial charge >= 0.3 is 0 Å². The summed E-state index contributed by atoms with van der Waals surface area (Å²) in [4.78, 5) is 25.9. The average molecular weight is 430 g/mol. The van der Waals surface area contributed by atoms with Gasteiger partial charge in [-0.1, -0.05) is 35.5 Å². The van der Waals surface area contributed by atoms with Crippen LogP contribution in [0.25, 0.3) is 0 Å². The smallest absolute Gasteiger partial charge is 0.276 e. The molecule has 3 aromatic rings. The molecular weight excluding hydrogens is 414 g/mol. The van der Waals surface area contributed by atoms with Gasteiger partial charge in [0, 0.05) is 17.3 Å². The van der Waals surface area contributed by atoms with Gasteiger partial charge in [-0.3, -0.25) is 14.5 Å². The number of halogens is 1. The van der Waals surface area contributed by atoms with Crippen molar-refractivity contribution in [3.8, 4) is 5.75 Å². The van der Waals surface area contributed by atoms with Crippen molar-refractivity contribution in [1.29, 1.82) is 0 Å². The average Bonchev–Trinajstić information content (AvgIpc) is 3.29. The number of nitrogens with zero attached hydrogens (tertiary/aromatic N) is 3. The van der Waals surface area contributed by atoms with Crippen LogP contribution in [-0.2, 0) is 6.61 Å². The molecule has 7 nitrogen and oxygen atoms in total. The van der Waals surface area contributed by atoms with Crippen LogP contribution in [0.1, 0.15) is 33.0 Å². The topological polar surface area (TPSA) is 85.5 Å². The first-order chi connectivity index (χ1) is 14.1. The number of rotatable bonds is 8. The molecule has 0 unspecified atom stereocenters. The van der Waals surface area contributed by atoms with E-state index >= 15 is 0 Å². The number of carbonyl (C=O) groups is 2. The van der Waals surface area contributed by atoms with E-state index in [-0.39, 0.29) is 18.4 Å². The highest BCUT2D eigenvalue weighted by Crippen LogP contribution is 2.24. The molecule has 4 rings (SSSR count). The summed E-state index contributed by atoms with van der Waals surface area (Å²) in [5.41, 5.74) is 0.930. The fourth-order valence-corrected chi connectivity index (χ4v) is 3.68. The normalized spacial score (nSPS) is 13.1. The Morgan fingerprint density at radius 3 is 2.38 bits per heavy atom. The maximum absolute atomic E-state index is 12.3. The van der Waals surface area contributed by atoms with Crippen LogP contribution >= 0.6 is 23.4 Å². The molecule has 0 spiro atoms. The second-order valence-electron chi connectivity index (χ2n) is 6.21. The van der Waals surface area contributed by atoms with Crippen molar-refractivity contribution < 1.29 is 18.7 Å². The van der Waals surface area contributed by atoms with Crippen molar-refractivity contribution >= 4 is 35.2 Å². The number of aromatic nitrogens is 2. The summed E-state index contributed by atoms with van der Waals surface area (Å²) >= 11 is 7.21. The number of hydrogen-bond acceptors (Lipinski definition) is 7. The highest BCUT2D eigenvalue weighted by molar-refractivity contribution is 7.99. The first-order valence-corrected chi connectivity index (χ1v) is 10.3. The van der Waals surface area contributed by atoms with Crippen molar-refractivity contribution in [2.75, 3.05) is 12.3 Å². The Kier molecular flexibility index (Phi) is 5.82. The summed E-state index contributed by atoms with van der Waals surface area (Å²) in [5.74, 6) is 1.17. The Balaban J connectivity index is 1.22. The fourth-order valence-electron chi connectivity index (χ4n) is 2.86. The van der Waals surface area contributed by atoms with Crippen LogP contribution in [0, 0.1) is 0 Å². The lowest BCUT2D eigenvalue weighted by atomic mass is 10.1. The van der Waals surface area contributed by atoms with Gasteiger partial charge < -0.3 is 9.15 Å². The number of benzene rings is 2. The van der Waals surface area contributed by atoms with Crippen molar-refractivity contribution in [3.63, 3.8) is 0 Å². The molecule has 0 atom stereocenters. The summed E-state index contributed by atoms with van der Waals surface area (Å²) in [5, 5.41) is 8.97. The minimum absolute atomic E-state index is 0.157. The predicted molar refractivity (Wildman–Crippen MR) is 107 cm³/mol. The van der Waals surface area contributed by atoms with Crippen molar-refractivity contribution in [2.45, 2.75) is 18.3 Å². The van der Waals surface area contributed by atoms with Crippen LogP contribution in [0.15, 0.2) is 58.2 Å². The summed E-state index contributed by atoms with van der Waals surface area (Å²) in [6.45, 7) is 0.504. The minimum atomic E-state index is -0.241. The van der Waals surface area contributed by atoms with Crippen LogP contribution in [0.5, 0.6) is 5.75 Å². The zero-order valence-corrected chi connectivity index (χ0v) is 16.8. The monoisotopic (exact) mass is 429 g/mol. The van der Waals surface area contributed by atoms with E-state index in [0.29, 0.717) is 51.7 Å². The summed E-state index contributed by atoms with van der Waals surface area (Å²) < 4.78 is 11.1. The minimum Gasteiger partial charge on any atom is -0.484 e. The van der Waals surface area contributed by atoms with Gasteiger partial charge in [-0.25, -0.2) is 0 Å². The third-order valence-electron chi connectivity index (χ3n) is 4.25. The number of fused-ring (bicyclic) bond motifs is 1. The van der Waals surface area contributed by atoms with Crippen LogP contribution in [0.4, 0.5) is 0 Å². The van der Waals surface area contributed by atoms with E-state index in [1.165, 1.54) is 16.7 Å². The highest BCUT2D eigenvalue weighted by atomic mass is 35.5. The van der Waals surface area contributed by atoms with Crippen molar-refractivity contribution in [2.24, 2.45) is 0 Å². The van der Waals surface area contributed by atoms with Gasteiger partial charge in [-0.05, 0) is 42.8 Å². The van der Waals surface area contributed by atoms with E-state index in [0.717, 1.165) is 0 Å². The van der Waals surface area contributed by atoms with E-state index in [1.807, 2.05) is 0 Å². The second-order valence-corrected chi connectivity index (χ2v) is 7.70. The number of hydrogen-bond donors (Lipinski definition) is 0. The first-order valence-electron chi connectivity index (χ1n) is 8.90. The first kappa shape index (κ1) is 19.5. The molecule has 0 N–H and O–H groups in total. The molecule has 1 aromatic heterocycles. The van der Waals surface area contributed by atoms with Gasteiger partial charge in [0.1, 0.15) is 5.75 Å². The molecule has 0 bridgehead atoms. The summed E-state index contributed by atoms with van der Waals surface area (Å²) in [7, 11) is 0. The number of ether oxygens (including phenoxy) is 1. The zero-order valence-electron chi connectivity index (χ0n) is 15.2. The lowest BCUT2D eigenvalue weighted by Crippen LogP contribution is -2.30. The molecule has 2 aromatic carbocycles. The van der Waals surface area contributed by atoms with Gasteiger partial charge in [0.05, 0.1) is 11.1 Å². The molecule has 2 heterocycles. The highest BCUT2D eigenvalue weighted by Gasteiger charge is 2.34. The summed E-state index contributed by atoms with van der Waals surface area (Å²) in [6.07, 6.45) is 0.620. The zero-order chi connectivity index (χ0) is 20.2. The number of thioether (sulfide) groups is 1. The molecule has 1 aliphatic heterocycles. The third kappa shape index (κ3) is 4.44. The molecule has 0 radical (unpaired) electrons. The summed E-state index contributed by atoms with van der Waals surface area (Å²) in [6, 6.07) is 13.9. The van der Waals surface area contributed by atoms with E-state index in [1.54, 1.807) is 48.5 Å². The Morgan fingerprint density at radius 2 is 1.69 bits per heavy atom. The molecule has 0 saturated heterocycles. The lowest BCUT2D eigenvalue weighted by Gasteiger charge is -2.12. The number of amides is 2. The molecule has 148 valence electrons. The maximum atomic E-state index is 12.3. The molecule has 0 aliphatic carbocycles. The van der Waals surface area contributed by atoms with E-state index < -0.39 is 0 Å². The fraction of sp³-hybridized carbons (Fsp3) is 0.200. The number of imide groups is 1. The molecule has 0 saturated carbocycles. The van der Waals surface area contributed by atoms with E-state index in [2.05, 4.69) is 10.2 Å². The molecular formula is C20H16ClN3O4S. The second kappa shape index (κ2) is 8.67. The Bertz CT molecular complexity index is 1000. The Hall–Kier alpha value is -2.84. The van der Waals surface area contributed by atoms with Gasteiger partial charge in [-0.2, -0.15) is 0 Å². The van der Waals surface area contributed by atoms with Gasteiger partial charge in [0.15, 0.2) is 6.61 Å². The van der Waals surface area contributed by atoms with Gasteiger partial charge in [0.2, 0.25) is 0 Å². The van der Waals surface area contributed by atoms with E-state index in [4.69, 9.17) is 20.8 Å². The SMILES string of the molecule is O=C1c2ccccc2C(=O)N1CCCSc1nnc(COc2ccc(Cl)cc2)o1. The molecule has 9 heteroatoms. The predicted octanol–water partition coefficient (Wildman–Crippen LogP) is 4.08. The van der Waals surface area contributed by atoms with E-state index in [9.17, 15) is 9.59 Å². The van der Waals surface area contributed by atoms with Crippen LogP contribution < -0.4 is 4.74 Å². The Morgan fingerprint density at radius 1 is 1.00 bits per heavy atom. The maximum Gasteiger partial charge on any atom is 0.276 e. The standard InChI is InChI=1S/C20H16ClN3O4S/c21-13-6-8-14(9-7-13)27-12-17-22-23-20(28-17)29-11-3-10-24-18(25)15-4-1-2-5-16(15)19(24)26/h1-2,4-9H,3,10-12H2. The molecule has 2 amide bonds. The van der Waals surface area contributed by atoms with Crippen LogP contribution in [-0.4, -0.2) is 39.2 Å². The molecule has 1 aliphatic rings. The van der Waals surface area contributed by atoms with Crippen LogP contribution in [0.2, 0.25) is 5.02 Å². The number of carbonyl (C=O) groups excluding carboxylic acids is 2. The van der Waals surface area contributed by atoms with Gasteiger partial charge in [-0.15, -0.1) is 10.2 Å². The van der Waals surface area contributed by atoms with Crippen molar-refractivity contribution in [1.82, 2.24) is 15.1 Å². The lowest BCUT2D eigenvalue weighted by molar-refractivity contribution is 0.0655. The van der Waals surface area contributed by atoms with Crippen LogP contribution in [0.3, 0.4) is 0 Å².